The molecule has 0 aromatic rings. The Labute approximate surface area is 68.1 Å². The zero-order valence-electron chi connectivity index (χ0n) is 7.18. The molecule has 1 aliphatic carbocycles. The van der Waals surface area contributed by atoms with Crippen LogP contribution in [0.3, 0.4) is 0 Å². The molecule has 66 valence electrons. The largest absolute Gasteiger partial charge is 0.381 e. The fourth-order valence-corrected chi connectivity index (χ4v) is 1.61. The molecule has 11 heavy (non-hydrogen) atoms. The van der Waals surface area contributed by atoms with Crippen molar-refractivity contribution in [2.75, 3.05) is 13.7 Å². The molecule has 1 fully saturated rings. The predicted octanol–water partition coefficient (Wildman–Crippen LogP) is 0.232. The van der Waals surface area contributed by atoms with Crippen LogP contribution in [0.5, 0.6) is 0 Å². The van der Waals surface area contributed by atoms with Crippen molar-refractivity contribution >= 4 is 0 Å². The average molecular weight is 158 g/mol. The van der Waals surface area contributed by atoms with E-state index in [0.717, 1.165) is 25.7 Å². The van der Waals surface area contributed by atoms with Crippen LogP contribution in [-0.4, -0.2) is 25.3 Å². The van der Waals surface area contributed by atoms with Crippen molar-refractivity contribution in [1.82, 2.24) is 0 Å². The zero-order chi connectivity index (χ0) is 8.32. The maximum Gasteiger partial charge on any atom is 0.0572 e. The molecule has 0 saturated heterocycles. The van der Waals surface area contributed by atoms with E-state index in [0.29, 0.717) is 12.6 Å². The standard InChI is InChI=1S/C8H18N2O/c1-11-7-2-4-8(10,6-9)5-3-7/h7H,2-6,9-10H2,1H3. The Balaban J connectivity index is 2.35. The van der Waals surface area contributed by atoms with Crippen LogP contribution in [0.25, 0.3) is 0 Å². The number of hydrogen-bond acceptors (Lipinski definition) is 3. The minimum absolute atomic E-state index is 0.102. The van der Waals surface area contributed by atoms with Gasteiger partial charge in [-0.05, 0) is 25.7 Å². The van der Waals surface area contributed by atoms with Gasteiger partial charge in [-0.15, -0.1) is 0 Å². The third-order valence-electron chi connectivity index (χ3n) is 2.67. The van der Waals surface area contributed by atoms with Crippen LogP contribution < -0.4 is 11.5 Å². The summed E-state index contributed by atoms with van der Waals surface area (Å²) in [5.41, 5.74) is 11.5. The van der Waals surface area contributed by atoms with E-state index in [1.165, 1.54) is 0 Å². The molecule has 0 bridgehead atoms. The Morgan fingerprint density at radius 3 is 2.36 bits per heavy atom. The highest BCUT2D eigenvalue weighted by Gasteiger charge is 2.29. The highest BCUT2D eigenvalue weighted by molar-refractivity contribution is 4.90. The molecule has 0 aliphatic heterocycles. The smallest absolute Gasteiger partial charge is 0.0572 e. The van der Waals surface area contributed by atoms with Crippen molar-refractivity contribution in [3.05, 3.63) is 0 Å². The summed E-state index contributed by atoms with van der Waals surface area (Å²) in [6.07, 6.45) is 4.54. The van der Waals surface area contributed by atoms with E-state index in [1.54, 1.807) is 7.11 Å². The highest BCUT2D eigenvalue weighted by atomic mass is 16.5. The second-order valence-corrected chi connectivity index (χ2v) is 3.50. The molecule has 3 nitrogen and oxygen atoms in total. The highest BCUT2D eigenvalue weighted by Crippen LogP contribution is 2.26. The second-order valence-electron chi connectivity index (χ2n) is 3.50. The Morgan fingerprint density at radius 1 is 1.45 bits per heavy atom. The summed E-state index contributed by atoms with van der Waals surface area (Å²) in [7, 11) is 1.76. The molecule has 0 aromatic carbocycles. The first kappa shape index (κ1) is 8.97. The van der Waals surface area contributed by atoms with Crippen LogP contribution in [0.2, 0.25) is 0 Å². The molecule has 0 unspecified atom stereocenters. The first-order valence-electron chi connectivity index (χ1n) is 4.22. The molecule has 0 amide bonds. The van der Waals surface area contributed by atoms with E-state index >= 15 is 0 Å². The third-order valence-corrected chi connectivity index (χ3v) is 2.67. The molecule has 1 aliphatic rings. The van der Waals surface area contributed by atoms with Gasteiger partial charge < -0.3 is 16.2 Å². The summed E-state index contributed by atoms with van der Waals surface area (Å²) in [5, 5.41) is 0. The van der Waals surface area contributed by atoms with Gasteiger partial charge in [-0.2, -0.15) is 0 Å². The summed E-state index contributed by atoms with van der Waals surface area (Å²) in [6, 6.07) is 0. The van der Waals surface area contributed by atoms with Gasteiger partial charge in [-0.25, -0.2) is 0 Å². The van der Waals surface area contributed by atoms with Gasteiger partial charge in [0.05, 0.1) is 6.10 Å². The van der Waals surface area contributed by atoms with Crippen molar-refractivity contribution in [3.63, 3.8) is 0 Å². The Kier molecular flexibility index (Phi) is 2.87. The lowest BCUT2D eigenvalue weighted by Gasteiger charge is -2.35. The van der Waals surface area contributed by atoms with Gasteiger partial charge >= 0.3 is 0 Å². The summed E-state index contributed by atoms with van der Waals surface area (Å²) >= 11 is 0. The molecule has 0 aromatic heterocycles. The van der Waals surface area contributed by atoms with E-state index in [4.69, 9.17) is 16.2 Å². The van der Waals surface area contributed by atoms with Gasteiger partial charge in [0.1, 0.15) is 0 Å². The zero-order valence-corrected chi connectivity index (χ0v) is 7.18. The van der Waals surface area contributed by atoms with Crippen LogP contribution in [0.15, 0.2) is 0 Å². The van der Waals surface area contributed by atoms with Gasteiger partial charge in [-0.1, -0.05) is 0 Å². The normalized spacial score (nSPS) is 39.0. The van der Waals surface area contributed by atoms with Crippen LogP contribution >= 0.6 is 0 Å². The van der Waals surface area contributed by atoms with Crippen molar-refractivity contribution in [3.8, 4) is 0 Å². The molecule has 3 heteroatoms. The first-order valence-corrected chi connectivity index (χ1v) is 4.22. The third kappa shape index (κ3) is 2.15. The van der Waals surface area contributed by atoms with Crippen molar-refractivity contribution in [2.45, 2.75) is 37.3 Å². The van der Waals surface area contributed by atoms with Crippen LogP contribution in [0, 0.1) is 0 Å². The first-order chi connectivity index (χ1) is 5.20. The molecule has 1 rings (SSSR count). The number of ether oxygens (including phenoxy) is 1. The van der Waals surface area contributed by atoms with Gasteiger partial charge in [0.25, 0.3) is 0 Å². The lowest BCUT2D eigenvalue weighted by atomic mass is 9.81. The van der Waals surface area contributed by atoms with Gasteiger partial charge in [0.2, 0.25) is 0 Å². The Morgan fingerprint density at radius 2 is 2.00 bits per heavy atom. The molecule has 4 N–H and O–H groups in total. The Bertz CT molecular complexity index is 119. The summed E-state index contributed by atoms with van der Waals surface area (Å²) in [4.78, 5) is 0. The van der Waals surface area contributed by atoms with Crippen molar-refractivity contribution in [1.29, 1.82) is 0 Å². The number of rotatable bonds is 2. The molecule has 0 radical (unpaired) electrons. The van der Waals surface area contributed by atoms with Gasteiger partial charge in [0.15, 0.2) is 0 Å². The van der Waals surface area contributed by atoms with Crippen molar-refractivity contribution in [2.24, 2.45) is 11.5 Å². The topological polar surface area (TPSA) is 61.3 Å². The average Bonchev–Trinajstić information content (AvgIpc) is 2.06. The SMILES string of the molecule is COC1CCC(N)(CN)CC1. The number of hydrogen-bond donors (Lipinski definition) is 2. The number of nitrogens with two attached hydrogens (primary N) is 2. The minimum Gasteiger partial charge on any atom is -0.381 e. The van der Waals surface area contributed by atoms with Crippen LogP contribution in [0.1, 0.15) is 25.7 Å². The summed E-state index contributed by atoms with van der Waals surface area (Å²) in [5.74, 6) is 0. The number of methoxy groups -OCH3 is 1. The van der Waals surface area contributed by atoms with Crippen molar-refractivity contribution < 1.29 is 4.74 Å². The monoisotopic (exact) mass is 158 g/mol. The lowest BCUT2D eigenvalue weighted by Crippen LogP contribution is -2.50. The van der Waals surface area contributed by atoms with E-state index in [1.807, 2.05) is 0 Å². The fourth-order valence-electron chi connectivity index (χ4n) is 1.61. The summed E-state index contributed by atoms with van der Waals surface area (Å²) in [6.45, 7) is 0.601. The van der Waals surface area contributed by atoms with Crippen LogP contribution in [0.4, 0.5) is 0 Å². The molecular weight excluding hydrogens is 140 g/mol. The maximum atomic E-state index is 5.99. The fraction of sp³-hybridized carbons (Fsp3) is 1.00. The van der Waals surface area contributed by atoms with Gasteiger partial charge in [-0.3, -0.25) is 0 Å². The summed E-state index contributed by atoms with van der Waals surface area (Å²) < 4.78 is 5.23. The molecule has 0 atom stereocenters. The molecule has 0 heterocycles. The second kappa shape index (κ2) is 3.52. The van der Waals surface area contributed by atoms with Gasteiger partial charge in [0, 0.05) is 19.2 Å². The molecule has 0 spiro atoms. The van der Waals surface area contributed by atoms with E-state index in [9.17, 15) is 0 Å². The molecule has 1 saturated carbocycles. The Hall–Kier alpha value is -0.120. The predicted molar refractivity (Wildman–Crippen MR) is 45.2 cm³/mol. The van der Waals surface area contributed by atoms with E-state index < -0.39 is 0 Å². The van der Waals surface area contributed by atoms with E-state index in [2.05, 4.69) is 0 Å². The van der Waals surface area contributed by atoms with E-state index in [-0.39, 0.29) is 5.54 Å². The van der Waals surface area contributed by atoms with Crippen LogP contribution in [-0.2, 0) is 4.74 Å². The lowest BCUT2D eigenvalue weighted by molar-refractivity contribution is 0.0514. The molecular formula is C8H18N2O. The maximum absolute atomic E-state index is 5.99. The quantitative estimate of drug-likeness (QED) is 0.605. The minimum atomic E-state index is -0.102.